The van der Waals surface area contributed by atoms with E-state index in [1.165, 1.54) is 30.3 Å². The van der Waals surface area contributed by atoms with Crippen molar-refractivity contribution in [2.75, 3.05) is 5.73 Å². The molecule has 2 aromatic carbocycles. The third kappa shape index (κ3) is 2.29. The summed E-state index contributed by atoms with van der Waals surface area (Å²) in [6.07, 6.45) is -4.43. The van der Waals surface area contributed by atoms with E-state index in [1.54, 1.807) is 6.07 Å². The standard InChI is InChI=1S/C13H9ClF3N/c14-11-7-3-5-9(12(11)18)8-4-1-2-6-10(8)13(15,16)17/h1-7H,18H2. The molecule has 0 spiro atoms. The third-order valence-electron chi connectivity index (χ3n) is 2.58. The first-order valence-corrected chi connectivity index (χ1v) is 5.49. The summed E-state index contributed by atoms with van der Waals surface area (Å²) in [5.41, 5.74) is 5.47. The third-order valence-corrected chi connectivity index (χ3v) is 2.91. The summed E-state index contributed by atoms with van der Waals surface area (Å²) in [6, 6.07) is 9.90. The van der Waals surface area contributed by atoms with Crippen LogP contribution in [0.3, 0.4) is 0 Å². The van der Waals surface area contributed by atoms with Gasteiger partial charge in [0.15, 0.2) is 0 Å². The quantitative estimate of drug-likeness (QED) is 0.753. The highest BCUT2D eigenvalue weighted by molar-refractivity contribution is 6.33. The van der Waals surface area contributed by atoms with Crippen LogP contribution in [0.2, 0.25) is 5.02 Å². The molecular formula is C13H9ClF3N. The first-order chi connectivity index (χ1) is 8.41. The highest BCUT2D eigenvalue weighted by Gasteiger charge is 2.33. The van der Waals surface area contributed by atoms with E-state index < -0.39 is 11.7 Å². The van der Waals surface area contributed by atoms with E-state index in [9.17, 15) is 13.2 Å². The van der Waals surface area contributed by atoms with Crippen molar-refractivity contribution in [2.24, 2.45) is 0 Å². The Balaban J connectivity index is 2.69. The van der Waals surface area contributed by atoms with Gasteiger partial charge < -0.3 is 5.73 Å². The second-order valence-corrected chi connectivity index (χ2v) is 4.15. The smallest absolute Gasteiger partial charge is 0.397 e. The molecule has 2 rings (SSSR count). The fourth-order valence-electron chi connectivity index (χ4n) is 1.74. The van der Waals surface area contributed by atoms with Gasteiger partial charge in [-0.3, -0.25) is 0 Å². The van der Waals surface area contributed by atoms with Crippen molar-refractivity contribution in [3.05, 3.63) is 53.1 Å². The molecule has 5 heteroatoms. The fourth-order valence-corrected chi connectivity index (χ4v) is 1.91. The molecule has 0 aromatic heterocycles. The van der Waals surface area contributed by atoms with Crippen LogP contribution in [-0.2, 0) is 6.18 Å². The molecule has 0 aliphatic rings. The zero-order valence-electron chi connectivity index (χ0n) is 9.13. The number of anilines is 1. The lowest BCUT2D eigenvalue weighted by atomic mass is 9.98. The van der Waals surface area contributed by atoms with E-state index >= 15 is 0 Å². The molecule has 94 valence electrons. The van der Waals surface area contributed by atoms with Gasteiger partial charge in [0, 0.05) is 5.56 Å². The summed E-state index contributed by atoms with van der Waals surface area (Å²) in [4.78, 5) is 0. The van der Waals surface area contributed by atoms with Crippen LogP contribution in [0.5, 0.6) is 0 Å². The minimum Gasteiger partial charge on any atom is -0.397 e. The molecule has 0 unspecified atom stereocenters. The zero-order chi connectivity index (χ0) is 13.3. The summed E-state index contributed by atoms with van der Waals surface area (Å²) in [6.45, 7) is 0. The molecule has 0 aliphatic carbocycles. The SMILES string of the molecule is Nc1c(Cl)cccc1-c1ccccc1C(F)(F)F. The summed E-state index contributed by atoms with van der Waals surface area (Å²) >= 11 is 5.82. The second kappa shape index (κ2) is 4.53. The van der Waals surface area contributed by atoms with Crippen molar-refractivity contribution >= 4 is 17.3 Å². The predicted octanol–water partition coefficient (Wildman–Crippen LogP) is 4.61. The average molecular weight is 272 g/mol. The average Bonchev–Trinajstić information content (AvgIpc) is 2.32. The van der Waals surface area contributed by atoms with Crippen molar-refractivity contribution in [2.45, 2.75) is 6.18 Å². The topological polar surface area (TPSA) is 26.0 Å². The first-order valence-electron chi connectivity index (χ1n) is 5.12. The van der Waals surface area contributed by atoms with Crippen LogP contribution < -0.4 is 5.73 Å². The van der Waals surface area contributed by atoms with E-state index in [0.29, 0.717) is 0 Å². The molecular weight excluding hydrogens is 263 g/mol. The van der Waals surface area contributed by atoms with Crippen molar-refractivity contribution in [3.8, 4) is 11.1 Å². The molecule has 18 heavy (non-hydrogen) atoms. The van der Waals surface area contributed by atoms with E-state index in [4.69, 9.17) is 17.3 Å². The van der Waals surface area contributed by atoms with E-state index in [0.717, 1.165) is 6.07 Å². The van der Waals surface area contributed by atoms with Gasteiger partial charge in [-0.25, -0.2) is 0 Å². The Kier molecular flexibility index (Phi) is 3.22. The Hall–Kier alpha value is -1.68. The molecule has 0 atom stereocenters. The minimum absolute atomic E-state index is 0.0324. The number of nitrogen functional groups attached to an aromatic ring is 1. The minimum atomic E-state index is -4.43. The Morgan fingerprint density at radius 3 is 2.17 bits per heavy atom. The van der Waals surface area contributed by atoms with Gasteiger partial charge in [-0.05, 0) is 17.7 Å². The van der Waals surface area contributed by atoms with Crippen molar-refractivity contribution in [1.82, 2.24) is 0 Å². The molecule has 0 bridgehead atoms. The predicted molar refractivity (Wildman–Crippen MR) is 66.3 cm³/mol. The lowest BCUT2D eigenvalue weighted by molar-refractivity contribution is -0.137. The van der Waals surface area contributed by atoms with Crippen LogP contribution >= 0.6 is 11.6 Å². The van der Waals surface area contributed by atoms with Crippen LogP contribution in [0.15, 0.2) is 42.5 Å². The Morgan fingerprint density at radius 2 is 1.50 bits per heavy atom. The molecule has 2 aromatic rings. The molecule has 0 aliphatic heterocycles. The first kappa shape index (κ1) is 12.8. The molecule has 0 radical (unpaired) electrons. The summed E-state index contributed by atoms with van der Waals surface area (Å²) in [7, 11) is 0. The monoisotopic (exact) mass is 271 g/mol. The summed E-state index contributed by atoms with van der Waals surface area (Å²) in [5.74, 6) is 0. The van der Waals surface area contributed by atoms with Crippen LogP contribution in [0, 0.1) is 0 Å². The largest absolute Gasteiger partial charge is 0.417 e. The van der Waals surface area contributed by atoms with Crippen molar-refractivity contribution < 1.29 is 13.2 Å². The maximum Gasteiger partial charge on any atom is 0.417 e. The normalized spacial score (nSPS) is 11.6. The summed E-state index contributed by atoms with van der Waals surface area (Å²) < 4.78 is 38.7. The molecule has 0 saturated carbocycles. The van der Waals surface area contributed by atoms with Gasteiger partial charge in [-0.15, -0.1) is 0 Å². The number of halogens is 4. The highest BCUT2D eigenvalue weighted by atomic mass is 35.5. The Labute approximate surface area is 107 Å². The lowest BCUT2D eigenvalue weighted by Gasteiger charge is -2.14. The number of para-hydroxylation sites is 1. The van der Waals surface area contributed by atoms with Gasteiger partial charge in [-0.2, -0.15) is 13.2 Å². The second-order valence-electron chi connectivity index (χ2n) is 3.74. The van der Waals surface area contributed by atoms with Crippen LogP contribution in [0.4, 0.5) is 18.9 Å². The van der Waals surface area contributed by atoms with Gasteiger partial charge in [0.2, 0.25) is 0 Å². The maximum atomic E-state index is 12.9. The number of rotatable bonds is 1. The number of hydrogen-bond donors (Lipinski definition) is 1. The van der Waals surface area contributed by atoms with Gasteiger partial charge in [0.1, 0.15) is 0 Å². The number of nitrogens with two attached hydrogens (primary N) is 1. The highest BCUT2D eigenvalue weighted by Crippen LogP contribution is 2.40. The summed E-state index contributed by atoms with van der Waals surface area (Å²) in [5, 5.41) is 0.240. The number of hydrogen-bond acceptors (Lipinski definition) is 1. The fraction of sp³-hybridized carbons (Fsp3) is 0.0769. The molecule has 0 fully saturated rings. The Morgan fingerprint density at radius 1 is 0.889 bits per heavy atom. The van der Waals surface area contributed by atoms with E-state index in [1.807, 2.05) is 0 Å². The van der Waals surface area contributed by atoms with Crippen LogP contribution in [0.1, 0.15) is 5.56 Å². The molecule has 0 saturated heterocycles. The molecule has 0 amide bonds. The van der Waals surface area contributed by atoms with Gasteiger partial charge in [0.25, 0.3) is 0 Å². The van der Waals surface area contributed by atoms with Gasteiger partial charge in [-0.1, -0.05) is 41.9 Å². The van der Waals surface area contributed by atoms with Crippen LogP contribution in [-0.4, -0.2) is 0 Å². The molecule has 1 nitrogen and oxygen atoms in total. The van der Waals surface area contributed by atoms with Crippen LogP contribution in [0.25, 0.3) is 11.1 Å². The molecule has 2 N–H and O–H groups in total. The van der Waals surface area contributed by atoms with Crippen molar-refractivity contribution in [1.29, 1.82) is 0 Å². The molecule has 0 heterocycles. The Bertz CT molecular complexity index is 579. The van der Waals surface area contributed by atoms with Gasteiger partial charge >= 0.3 is 6.18 Å². The number of benzene rings is 2. The van der Waals surface area contributed by atoms with E-state index in [-0.39, 0.29) is 21.8 Å². The van der Waals surface area contributed by atoms with Crippen molar-refractivity contribution in [3.63, 3.8) is 0 Å². The van der Waals surface area contributed by atoms with E-state index in [2.05, 4.69) is 0 Å². The number of alkyl halides is 3. The van der Waals surface area contributed by atoms with Gasteiger partial charge in [0.05, 0.1) is 16.3 Å². The lowest BCUT2D eigenvalue weighted by Crippen LogP contribution is -2.07. The maximum absolute atomic E-state index is 12.9. The zero-order valence-corrected chi connectivity index (χ0v) is 9.89.